The summed E-state index contributed by atoms with van der Waals surface area (Å²) in [4.78, 5) is 16.6. The highest BCUT2D eigenvalue weighted by Gasteiger charge is 2.41. The van der Waals surface area contributed by atoms with Crippen LogP contribution in [0, 0.1) is 0 Å². The summed E-state index contributed by atoms with van der Waals surface area (Å²) in [5, 5.41) is 3.79. The number of amides is 1. The Labute approximate surface area is 108 Å². The van der Waals surface area contributed by atoms with Crippen LogP contribution in [-0.4, -0.2) is 21.9 Å². The lowest BCUT2D eigenvalue weighted by Gasteiger charge is -2.14. The lowest BCUT2D eigenvalue weighted by atomic mass is 10.1. The Morgan fingerprint density at radius 3 is 2.53 bits per heavy atom. The highest BCUT2D eigenvalue weighted by molar-refractivity contribution is 8.16. The molecule has 1 N–H and O–H groups in total. The zero-order valence-electron chi connectivity index (χ0n) is 10.8. The van der Waals surface area contributed by atoms with Gasteiger partial charge in [0.1, 0.15) is 0 Å². The van der Waals surface area contributed by atoms with Crippen molar-refractivity contribution in [1.29, 1.82) is 0 Å². The van der Waals surface area contributed by atoms with E-state index in [9.17, 15) is 4.79 Å². The van der Waals surface area contributed by atoms with Crippen molar-refractivity contribution < 1.29 is 4.79 Å². The van der Waals surface area contributed by atoms with Crippen LogP contribution < -0.4 is 5.32 Å². The Balaban J connectivity index is 2.01. The summed E-state index contributed by atoms with van der Waals surface area (Å²) in [7, 11) is 0. The maximum atomic E-state index is 11.8. The zero-order valence-corrected chi connectivity index (χ0v) is 11.6. The van der Waals surface area contributed by atoms with Crippen molar-refractivity contribution in [3.63, 3.8) is 0 Å². The van der Waals surface area contributed by atoms with Crippen molar-refractivity contribution in [2.75, 3.05) is 0 Å². The van der Waals surface area contributed by atoms with Gasteiger partial charge in [0.25, 0.3) is 0 Å². The molecule has 1 saturated carbocycles. The van der Waals surface area contributed by atoms with Crippen molar-refractivity contribution in [1.82, 2.24) is 5.32 Å². The molecule has 0 spiro atoms. The first-order valence-electron chi connectivity index (χ1n) is 6.72. The van der Waals surface area contributed by atoms with E-state index in [1.165, 1.54) is 38.5 Å². The SMILES string of the molecule is CC[C@]1(C)SC(=NC2CCCCCC2)NC1=O. The molecule has 1 amide bonds. The molecule has 0 bridgehead atoms. The Bertz CT molecular complexity index is 321. The minimum atomic E-state index is -0.302. The van der Waals surface area contributed by atoms with Gasteiger partial charge in [-0.15, -0.1) is 0 Å². The third-order valence-corrected chi connectivity index (χ3v) is 5.15. The average Bonchev–Trinajstić information content (AvgIpc) is 2.50. The molecule has 0 unspecified atom stereocenters. The van der Waals surface area contributed by atoms with Crippen molar-refractivity contribution in [3.05, 3.63) is 0 Å². The van der Waals surface area contributed by atoms with Gasteiger partial charge in [-0.1, -0.05) is 44.4 Å². The van der Waals surface area contributed by atoms with E-state index in [1.54, 1.807) is 11.8 Å². The van der Waals surface area contributed by atoms with Crippen LogP contribution in [-0.2, 0) is 4.79 Å². The summed E-state index contributed by atoms with van der Waals surface area (Å²) in [5.74, 6) is 0.123. The molecular formula is C13H22N2OS. The topological polar surface area (TPSA) is 41.5 Å². The molecule has 0 aromatic heterocycles. The van der Waals surface area contributed by atoms with Gasteiger partial charge >= 0.3 is 0 Å². The van der Waals surface area contributed by atoms with Crippen LogP contribution in [0.1, 0.15) is 58.8 Å². The molecule has 1 heterocycles. The fraction of sp³-hybridized carbons (Fsp3) is 0.846. The fourth-order valence-corrected chi connectivity index (χ4v) is 3.42. The number of hydrogen-bond acceptors (Lipinski definition) is 3. The van der Waals surface area contributed by atoms with Crippen LogP contribution in [0.3, 0.4) is 0 Å². The molecule has 3 nitrogen and oxygen atoms in total. The van der Waals surface area contributed by atoms with Crippen LogP contribution in [0.2, 0.25) is 0 Å². The molecule has 2 rings (SSSR count). The summed E-state index contributed by atoms with van der Waals surface area (Å²) in [6.07, 6.45) is 8.47. The standard InChI is InChI=1S/C13H22N2OS/c1-3-13(2)11(16)15-12(17-13)14-10-8-6-4-5-7-9-10/h10H,3-9H2,1-2H3,(H,14,15,16)/t13-/m0/s1. The number of aliphatic imine (C=N–C) groups is 1. The maximum absolute atomic E-state index is 11.8. The minimum Gasteiger partial charge on any atom is -0.304 e. The highest BCUT2D eigenvalue weighted by Crippen LogP contribution is 2.35. The van der Waals surface area contributed by atoms with E-state index in [0.29, 0.717) is 6.04 Å². The van der Waals surface area contributed by atoms with Crippen LogP contribution in [0.25, 0.3) is 0 Å². The lowest BCUT2D eigenvalue weighted by molar-refractivity contribution is -0.121. The Hall–Kier alpha value is -0.510. The van der Waals surface area contributed by atoms with Crippen molar-refractivity contribution >= 4 is 22.8 Å². The number of thioether (sulfide) groups is 1. The van der Waals surface area contributed by atoms with E-state index in [0.717, 1.165) is 11.6 Å². The first-order valence-corrected chi connectivity index (χ1v) is 7.54. The first kappa shape index (κ1) is 12.9. The first-order chi connectivity index (χ1) is 8.14. The van der Waals surface area contributed by atoms with Gasteiger partial charge in [0.2, 0.25) is 5.91 Å². The number of hydrogen-bond donors (Lipinski definition) is 1. The molecule has 1 saturated heterocycles. The Kier molecular flexibility index (Phi) is 4.13. The molecule has 0 radical (unpaired) electrons. The molecule has 0 aromatic rings. The Morgan fingerprint density at radius 2 is 2.00 bits per heavy atom. The van der Waals surface area contributed by atoms with Gasteiger partial charge in [-0.2, -0.15) is 0 Å². The summed E-state index contributed by atoms with van der Waals surface area (Å²) in [5.41, 5.74) is 0. The third kappa shape index (κ3) is 3.03. The summed E-state index contributed by atoms with van der Waals surface area (Å²) >= 11 is 1.61. The number of rotatable bonds is 2. The second-order valence-electron chi connectivity index (χ2n) is 5.22. The van der Waals surface area contributed by atoms with Gasteiger partial charge in [0, 0.05) is 0 Å². The van der Waals surface area contributed by atoms with Gasteiger partial charge in [0.15, 0.2) is 5.17 Å². The second kappa shape index (κ2) is 5.42. The largest absolute Gasteiger partial charge is 0.304 e. The fourth-order valence-electron chi connectivity index (χ4n) is 2.36. The zero-order chi connectivity index (χ0) is 12.3. The van der Waals surface area contributed by atoms with E-state index in [2.05, 4.69) is 12.2 Å². The molecule has 4 heteroatoms. The molecule has 1 atom stereocenters. The molecule has 1 aliphatic carbocycles. The summed E-state index contributed by atoms with van der Waals surface area (Å²) < 4.78 is -0.302. The van der Waals surface area contributed by atoms with Gasteiger partial charge < -0.3 is 5.32 Å². The van der Waals surface area contributed by atoms with Gasteiger partial charge in [0.05, 0.1) is 10.8 Å². The second-order valence-corrected chi connectivity index (χ2v) is 6.71. The molecule has 2 aliphatic rings. The number of nitrogens with one attached hydrogen (secondary N) is 1. The number of carbonyl (C=O) groups is 1. The number of nitrogens with zero attached hydrogens (tertiary/aromatic N) is 1. The van der Waals surface area contributed by atoms with Crippen LogP contribution >= 0.6 is 11.8 Å². The average molecular weight is 254 g/mol. The molecule has 17 heavy (non-hydrogen) atoms. The minimum absolute atomic E-state index is 0.123. The summed E-state index contributed by atoms with van der Waals surface area (Å²) in [6, 6.07) is 0.430. The van der Waals surface area contributed by atoms with E-state index in [1.807, 2.05) is 6.92 Å². The van der Waals surface area contributed by atoms with Crippen LogP contribution in [0.15, 0.2) is 4.99 Å². The van der Waals surface area contributed by atoms with Crippen LogP contribution in [0.4, 0.5) is 0 Å². The van der Waals surface area contributed by atoms with E-state index in [-0.39, 0.29) is 10.7 Å². The molecule has 2 fully saturated rings. The highest BCUT2D eigenvalue weighted by atomic mass is 32.2. The van der Waals surface area contributed by atoms with Crippen LogP contribution in [0.5, 0.6) is 0 Å². The quantitative estimate of drug-likeness (QED) is 0.769. The summed E-state index contributed by atoms with van der Waals surface area (Å²) in [6.45, 7) is 4.06. The van der Waals surface area contributed by atoms with Crippen molar-refractivity contribution in [2.24, 2.45) is 4.99 Å². The number of amidine groups is 1. The lowest BCUT2D eigenvalue weighted by Crippen LogP contribution is -2.33. The molecule has 96 valence electrons. The predicted octanol–water partition coefficient (Wildman–Crippen LogP) is 3.10. The maximum Gasteiger partial charge on any atom is 0.242 e. The van der Waals surface area contributed by atoms with E-state index >= 15 is 0 Å². The van der Waals surface area contributed by atoms with Gasteiger partial charge in [-0.3, -0.25) is 9.79 Å². The predicted molar refractivity (Wildman–Crippen MR) is 73.4 cm³/mol. The van der Waals surface area contributed by atoms with E-state index < -0.39 is 0 Å². The third-order valence-electron chi connectivity index (χ3n) is 3.82. The van der Waals surface area contributed by atoms with Gasteiger partial charge in [-0.05, 0) is 26.2 Å². The Morgan fingerprint density at radius 1 is 1.35 bits per heavy atom. The van der Waals surface area contributed by atoms with E-state index in [4.69, 9.17) is 4.99 Å². The molecular weight excluding hydrogens is 232 g/mol. The van der Waals surface area contributed by atoms with Crippen molar-refractivity contribution in [3.8, 4) is 0 Å². The number of carbonyl (C=O) groups excluding carboxylic acids is 1. The van der Waals surface area contributed by atoms with Gasteiger partial charge in [-0.25, -0.2) is 0 Å². The molecule has 1 aliphatic heterocycles. The van der Waals surface area contributed by atoms with Crippen molar-refractivity contribution in [2.45, 2.75) is 69.6 Å². The smallest absolute Gasteiger partial charge is 0.242 e. The monoisotopic (exact) mass is 254 g/mol. The normalized spacial score (nSPS) is 33.8. The molecule has 0 aromatic carbocycles.